The lowest BCUT2D eigenvalue weighted by Gasteiger charge is -2.15. The molecule has 34 heavy (non-hydrogen) atoms. The van der Waals surface area contributed by atoms with Gasteiger partial charge in [0, 0.05) is 12.2 Å². The first-order valence-corrected chi connectivity index (χ1v) is 11.2. The molecule has 0 fully saturated rings. The zero-order chi connectivity index (χ0) is 24.9. The maximum atomic E-state index is 13.9. The second kappa shape index (κ2) is 10.7. The Kier molecular flexibility index (Phi) is 7.92. The van der Waals surface area contributed by atoms with Gasteiger partial charge >= 0.3 is 6.18 Å². The van der Waals surface area contributed by atoms with E-state index in [-0.39, 0.29) is 17.0 Å². The molecule has 12 heteroatoms. The summed E-state index contributed by atoms with van der Waals surface area (Å²) in [6.07, 6.45) is -4.51. The molecule has 0 aliphatic rings. The summed E-state index contributed by atoms with van der Waals surface area (Å²) < 4.78 is 54.1. The second-order valence-corrected chi connectivity index (χ2v) is 8.12. The van der Waals surface area contributed by atoms with E-state index in [0.29, 0.717) is 17.5 Å². The molecule has 1 aromatic heterocycles. The number of rotatable bonds is 8. The molecule has 3 rings (SSSR count). The summed E-state index contributed by atoms with van der Waals surface area (Å²) in [4.78, 5) is 24.7. The molecule has 2 N–H and O–H groups in total. The molecule has 1 heterocycles. The molecule has 2 aromatic carbocycles. The zero-order valence-corrected chi connectivity index (χ0v) is 19.0. The Hall–Kier alpha value is -3.41. The molecule has 7 nitrogen and oxygen atoms in total. The monoisotopic (exact) mass is 495 g/mol. The Bertz CT molecular complexity index is 1180. The predicted molar refractivity (Wildman–Crippen MR) is 119 cm³/mol. The highest BCUT2D eigenvalue weighted by Crippen LogP contribution is 2.30. The van der Waals surface area contributed by atoms with Gasteiger partial charge < -0.3 is 15.2 Å². The van der Waals surface area contributed by atoms with E-state index in [1.165, 1.54) is 30.3 Å². The van der Waals surface area contributed by atoms with Crippen LogP contribution in [0.5, 0.6) is 0 Å². The van der Waals surface area contributed by atoms with Crippen LogP contribution in [0, 0.1) is 5.82 Å². The van der Waals surface area contributed by atoms with Crippen LogP contribution in [-0.4, -0.2) is 32.3 Å². The lowest BCUT2D eigenvalue weighted by molar-refractivity contribution is -0.137. The van der Waals surface area contributed by atoms with E-state index in [2.05, 4.69) is 20.8 Å². The highest BCUT2D eigenvalue weighted by Gasteiger charge is 2.30. The average molecular weight is 496 g/mol. The van der Waals surface area contributed by atoms with Gasteiger partial charge in [0.1, 0.15) is 5.82 Å². The predicted octanol–water partition coefficient (Wildman–Crippen LogP) is 4.68. The van der Waals surface area contributed by atoms with Crippen molar-refractivity contribution in [1.29, 1.82) is 0 Å². The minimum Gasteiger partial charge on any atom is -0.342 e. The summed E-state index contributed by atoms with van der Waals surface area (Å²) in [5.74, 6) is -1.48. The first kappa shape index (κ1) is 25.2. The third-order valence-electron chi connectivity index (χ3n) is 4.72. The number of carbonyl (C=O) groups is 2. The van der Waals surface area contributed by atoms with Gasteiger partial charge in [-0.25, -0.2) is 4.39 Å². The number of aromatic nitrogens is 3. The summed E-state index contributed by atoms with van der Waals surface area (Å²) >= 11 is 1.05. The summed E-state index contributed by atoms with van der Waals surface area (Å²) in [5.41, 5.74) is -0.930. The largest absolute Gasteiger partial charge is 0.416 e. The standard InChI is InChI=1S/C22H21F4N5O2S/c1-3-31-19(13(2)27-20(33)16-9-4-5-10-17(16)23)29-30-21(31)34-12-18(32)28-15-8-6-7-14(11-15)22(24,25)26/h4-11,13H,3,12H2,1-2H3,(H,27,33)(H,28,32). The van der Waals surface area contributed by atoms with Crippen LogP contribution in [0.15, 0.2) is 53.7 Å². The molecule has 3 aromatic rings. The number of nitrogens with zero attached hydrogens (tertiary/aromatic N) is 3. The molecule has 0 saturated heterocycles. The number of carbonyl (C=O) groups excluding carboxylic acids is 2. The Labute approximate surface area is 197 Å². The fourth-order valence-electron chi connectivity index (χ4n) is 3.11. The van der Waals surface area contributed by atoms with E-state index in [0.717, 1.165) is 23.9 Å². The lowest BCUT2D eigenvalue weighted by atomic mass is 10.2. The highest BCUT2D eigenvalue weighted by molar-refractivity contribution is 7.99. The molecule has 0 radical (unpaired) electrons. The number of hydrogen-bond acceptors (Lipinski definition) is 5. The van der Waals surface area contributed by atoms with Crippen molar-refractivity contribution < 1.29 is 27.2 Å². The summed E-state index contributed by atoms with van der Waals surface area (Å²) in [7, 11) is 0. The topological polar surface area (TPSA) is 88.9 Å². The summed E-state index contributed by atoms with van der Waals surface area (Å²) in [5, 5.41) is 13.6. The number of nitrogens with one attached hydrogen (secondary N) is 2. The molecular weight excluding hydrogens is 474 g/mol. The van der Waals surface area contributed by atoms with Crippen LogP contribution in [0.2, 0.25) is 0 Å². The van der Waals surface area contributed by atoms with Crippen molar-refractivity contribution in [3.05, 3.63) is 71.3 Å². The van der Waals surface area contributed by atoms with Crippen molar-refractivity contribution in [2.75, 3.05) is 11.1 Å². The fraction of sp³-hybridized carbons (Fsp3) is 0.273. The maximum Gasteiger partial charge on any atom is 0.416 e. The van der Waals surface area contributed by atoms with Crippen molar-refractivity contribution >= 4 is 29.3 Å². The van der Waals surface area contributed by atoms with E-state index < -0.39 is 35.4 Å². The van der Waals surface area contributed by atoms with Gasteiger partial charge in [-0.15, -0.1) is 10.2 Å². The van der Waals surface area contributed by atoms with Crippen LogP contribution in [0.25, 0.3) is 0 Å². The van der Waals surface area contributed by atoms with Gasteiger partial charge in [0.15, 0.2) is 11.0 Å². The van der Waals surface area contributed by atoms with E-state index in [1.54, 1.807) is 17.6 Å². The summed E-state index contributed by atoms with van der Waals surface area (Å²) in [6.45, 7) is 3.93. The normalized spacial score (nSPS) is 12.3. The molecule has 2 amide bonds. The molecule has 0 saturated carbocycles. The second-order valence-electron chi connectivity index (χ2n) is 7.18. The van der Waals surface area contributed by atoms with Crippen molar-refractivity contribution in [3.8, 4) is 0 Å². The Balaban J connectivity index is 1.63. The smallest absolute Gasteiger partial charge is 0.342 e. The molecule has 0 bridgehead atoms. The van der Waals surface area contributed by atoms with Crippen molar-refractivity contribution in [3.63, 3.8) is 0 Å². The van der Waals surface area contributed by atoms with Crippen LogP contribution < -0.4 is 10.6 Å². The molecular formula is C22H21F4N5O2S. The number of anilines is 1. The third kappa shape index (κ3) is 6.13. The number of benzene rings is 2. The molecule has 180 valence electrons. The maximum absolute atomic E-state index is 13.9. The number of alkyl halides is 3. The van der Waals surface area contributed by atoms with E-state index in [9.17, 15) is 27.2 Å². The number of thioether (sulfide) groups is 1. The molecule has 1 unspecified atom stereocenters. The van der Waals surface area contributed by atoms with Crippen LogP contribution in [-0.2, 0) is 17.5 Å². The number of hydrogen-bond donors (Lipinski definition) is 2. The minimum atomic E-state index is -4.51. The number of halogens is 4. The van der Waals surface area contributed by atoms with E-state index in [1.807, 2.05) is 6.92 Å². The first-order chi connectivity index (χ1) is 16.1. The molecule has 0 aliphatic heterocycles. The van der Waals surface area contributed by atoms with Gasteiger partial charge in [-0.05, 0) is 44.2 Å². The van der Waals surface area contributed by atoms with Gasteiger partial charge in [0.25, 0.3) is 5.91 Å². The van der Waals surface area contributed by atoms with E-state index in [4.69, 9.17) is 0 Å². The van der Waals surface area contributed by atoms with Crippen LogP contribution in [0.3, 0.4) is 0 Å². The van der Waals surface area contributed by atoms with Crippen LogP contribution in [0.4, 0.5) is 23.2 Å². The molecule has 0 aliphatic carbocycles. The van der Waals surface area contributed by atoms with Crippen molar-refractivity contribution in [2.45, 2.75) is 37.8 Å². The van der Waals surface area contributed by atoms with Gasteiger partial charge in [0.2, 0.25) is 5.91 Å². The third-order valence-corrected chi connectivity index (χ3v) is 5.69. The fourth-order valence-corrected chi connectivity index (χ4v) is 3.92. The highest BCUT2D eigenvalue weighted by atomic mass is 32.2. The molecule has 0 spiro atoms. The van der Waals surface area contributed by atoms with Crippen molar-refractivity contribution in [1.82, 2.24) is 20.1 Å². The Morgan fingerprint density at radius 3 is 2.53 bits per heavy atom. The quantitative estimate of drug-likeness (QED) is 0.350. The molecule has 1 atom stereocenters. The lowest BCUT2D eigenvalue weighted by Crippen LogP contribution is -2.29. The van der Waals surface area contributed by atoms with Gasteiger partial charge in [-0.3, -0.25) is 9.59 Å². The SMILES string of the molecule is CCn1c(SCC(=O)Nc2cccc(C(F)(F)F)c2)nnc1C(C)NC(=O)c1ccccc1F. The summed E-state index contributed by atoms with van der Waals surface area (Å²) in [6, 6.07) is 9.34. The van der Waals surface area contributed by atoms with Crippen LogP contribution >= 0.6 is 11.8 Å². The Morgan fingerprint density at radius 1 is 1.12 bits per heavy atom. The van der Waals surface area contributed by atoms with Gasteiger partial charge in [-0.1, -0.05) is 30.0 Å². The van der Waals surface area contributed by atoms with Crippen LogP contribution in [0.1, 0.15) is 41.6 Å². The van der Waals surface area contributed by atoms with Gasteiger partial charge in [-0.2, -0.15) is 13.2 Å². The Morgan fingerprint density at radius 2 is 1.85 bits per heavy atom. The van der Waals surface area contributed by atoms with Gasteiger partial charge in [0.05, 0.1) is 22.9 Å². The number of amides is 2. The average Bonchev–Trinajstić information content (AvgIpc) is 3.20. The van der Waals surface area contributed by atoms with Crippen molar-refractivity contribution in [2.24, 2.45) is 0 Å². The zero-order valence-electron chi connectivity index (χ0n) is 18.2. The minimum absolute atomic E-state index is 0.0301. The van der Waals surface area contributed by atoms with E-state index >= 15 is 0 Å². The first-order valence-electron chi connectivity index (χ1n) is 10.2.